The van der Waals surface area contributed by atoms with Crippen LogP contribution in [0.15, 0.2) is 58.5 Å². The molecule has 0 unspecified atom stereocenters. The van der Waals surface area contributed by atoms with Crippen LogP contribution in [0.4, 0.5) is 0 Å². The highest BCUT2D eigenvalue weighted by molar-refractivity contribution is 7.98. The quantitative estimate of drug-likeness (QED) is 0.549. The van der Waals surface area contributed by atoms with Gasteiger partial charge in [0, 0.05) is 5.56 Å². The molecule has 3 rings (SSSR count). The van der Waals surface area contributed by atoms with E-state index in [0.717, 1.165) is 16.9 Å². The molecule has 0 aliphatic rings. The Balaban J connectivity index is 1.92. The Bertz CT molecular complexity index is 1020. The average Bonchev–Trinajstić information content (AvgIpc) is 2.67. The molecule has 0 saturated carbocycles. The molecular weight excluding hydrogens is 346 g/mol. The molecule has 1 N–H and O–H groups in total. The van der Waals surface area contributed by atoms with E-state index in [1.165, 1.54) is 11.8 Å². The SMILES string of the molecule is CSc1nc(-c2ccc(OCc3ccccc3)c(C)c2)c(C#N)c(=O)[nH]1. The number of benzene rings is 2. The summed E-state index contributed by atoms with van der Waals surface area (Å²) < 4.78 is 5.88. The number of hydrogen-bond acceptors (Lipinski definition) is 5. The molecule has 2 aromatic carbocycles. The van der Waals surface area contributed by atoms with Crippen LogP contribution in [-0.4, -0.2) is 16.2 Å². The van der Waals surface area contributed by atoms with Gasteiger partial charge >= 0.3 is 0 Å². The number of nitrogens with zero attached hydrogens (tertiary/aromatic N) is 2. The van der Waals surface area contributed by atoms with Gasteiger partial charge < -0.3 is 9.72 Å². The number of ether oxygens (including phenoxy) is 1. The molecular formula is C20H17N3O2S. The Morgan fingerprint density at radius 1 is 1.23 bits per heavy atom. The molecule has 1 heterocycles. The van der Waals surface area contributed by atoms with Crippen LogP contribution in [0.3, 0.4) is 0 Å². The average molecular weight is 363 g/mol. The summed E-state index contributed by atoms with van der Waals surface area (Å²) in [6.45, 7) is 2.41. The Labute approximate surface area is 155 Å². The van der Waals surface area contributed by atoms with Crippen molar-refractivity contribution < 1.29 is 4.74 Å². The highest BCUT2D eigenvalue weighted by Crippen LogP contribution is 2.27. The normalized spacial score (nSPS) is 10.3. The second-order valence-electron chi connectivity index (χ2n) is 5.67. The van der Waals surface area contributed by atoms with E-state index in [2.05, 4.69) is 9.97 Å². The Morgan fingerprint density at radius 2 is 2.00 bits per heavy atom. The molecule has 1 aromatic heterocycles. The fourth-order valence-corrected chi connectivity index (χ4v) is 2.93. The van der Waals surface area contributed by atoms with Crippen LogP contribution in [0.5, 0.6) is 5.75 Å². The fraction of sp³-hybridized carbons (Fsp3) is 0.150. The van der Waals surface area contributed by atoms with Crippen molar-refractivity contribution in [2.45, 2.75) is 18.7 Å². The fourth-order valence-electron chi connectivity index (χ4n) is 2.56. The number of aromatic amines is 1. The second-order valence-corrected chi connectivity index (χ2v) is 6.46. The molecule has 5 nitrogen and oxygen atoms in total. The van der Waals surface area contributed by atoms with Gasteiger partial charge in [-0.25, -0.2) is 4.98 Å². The first-order chi connectivity index (χ1) is 12.6. The van der Waals surface area contributed by atoms with Gasteiger partial charge in [-0.1, -0.05) is 42.1 Å². The van der Waals surface area contributed by atoms with E-state index in [-0.39, 0.29) is 5.56 Å². The molecule has 0 fully saturated rings. The summed E-state index contributed by atoms with van der Waals surface area (Å²) in [6, 6.07) is 17.4. The van der Waals surface area contributed by atoms with Gasteiger partial charge in [0.25, 0.3) is 5.56 Å². The van der Waals surface area contributed by atoms with Crippen molar-refractivity contribution in [3.63, 3.8) is 0 Å². The van der Waals surface area contributed by atoms with E-state index < -0.39 is 5.56 Å². The number of thioether (sulfide) groups is 1. The van der Waals surface area contributed by atoms with E-state index >= 15 is 0 Å². The number of nitriles is 1. The lowest BCUT2D eigenvalue weighted by atomic mass is 10.0. The predicted molar refractivity (Wildman–Crippen MR) is 102 cm³/mol. The molecule has 0 aliphatic heterocycles. The maximum atomic E-state index is 12.1. The summed E-state index contributed by atoms with van der Waals surface area (Å²) in [6.07, 6.45) is 1.82. The van der Waals surface area contributed by atoms with E-state index in [0.29, 0.717) is 23.0 Å². The van der Waals surface area contributed by atoms with E-state index in [1.54, 1.807) is 0 Å². The number of H-pyrrole nitrogens is 1. The molecule has 0 aliphatic carbocycles. The largest absolute Gasteiger partial charge is 0.489 e. The van der Waals surface area contributed by atoms with Crippen LogP contribution in [-0.2, 0) is 6.61 Å². The number of aryl methyl sites for hydroxylation is 1. The summed E-state index contributed by atoms with van der Waals surface area (Å²) >= 11 is 1.32. The Kier molecular flexibility index (Phi) is 5.40. The Morgan fingerprint density at radius 3 is 2.65 bits per heavy atom. The zero-order valence-electron chi connectivity index (χ0n) is 14.4. The number of aromatic nitrogens is 2. The van der Waals surface area contributed by atoms with Gasteiger partial charge in [-0.05, 0) is 42.5 Å². The van der Waals surface area contributed by atoms with Gasteiger partial charge in [0.1, 0.15) is 24.0 Å². The third-order valence-corrected chi connectivity index (χ3v) is 4.47. The molecule has 3 aromatic rings. The van der Waals surface area contributed by atoms with Crippen LogP contribution in [0.2, 0.25) is 0 Å². The van der Waals surface area contributed by atoms with Crippen LogP contribution in [0.1, 0.15) is 16.7 Å². The minimum atomic E-state index is -0.427. The lowest BCUT2D eigenvalue weighted by molar-refractivity contribution is 0.304. The standard InChI is InChI=1S/C20H17N3O2S/c1-13-10-15(18-16(11-21)19(24)23-20(22-18)26-2)8-9-17(13)25-12-14-6-4-3-5-7-14/h3-10H,12H2,1-2H3,(H,22,23,24). The van der Waals surface area contributed by atoms with Gasteiger partial charge in [-0.2, -0.15) is 5.26 Å². The number of hydrogen-bond donors (Lipinski definition) is 1. The summed E-state index contributed by atoms with van der Waals surface area (Å²) in [5.74, 6) is 0.756. The highest BCUT2D eigenvalue weighted by Gasteiger charge is 2.14. The van der Waals surface area contributed by atoms with Crippen molar-refractivity contribution >= 4 is 11.8 Å². The first-order valence-corrected chi connectivity index (χ1v) is 9.21. The van der Waals surface area contributed by atoms with Crippen LogP contribution >= 0.6 is 11.8 Å². The molecule has 0 atom stereocenters. The topological polar surface area (TPSA) is 78.8 Å². The van der Waals surface area contributed by atoms with Crippen molar-refractivity contribution in [3.8, 4) is 23.1 Å². The summed E-state index contributed by atoms with van der Waals surface area (Å²) in [5.41, 5.74) is 2.69. The molecule has 6 heteroatoms. The van der Waals surface area contributed by atoms with Gasteiger partial charge in [0.05, 0.1) is 5.69 Å². The van der Waals surface area contributed by atoms with Crippen molar-refractivity contribution in [2.75, 3.05) is 6.26 Å². The summed E-state index contributed by atoms with van der Waals surface area (Å²) in [4.78, 5) is 19.1. The van der Waals surface area contributed by atoms with Gasteiger partial charge in [0.2, 0.25) is 0 Å². The summed E-state index contributed by atoms with van der Waals surface area (Å²) in [7, 11) is 0. The first kappa shape index (κ1) is 17.8. The van der Waals surface area contributed by atoms with Crippen molar-refractivity contribution in [3.05, 3.63) is 75.6 Å². The molecule has 0 bridgehead atoms. The van der Waals surface area contributed by atoms with Crippen molar-refractivity contribution in [1.29, 1.82) is 5.26 Å². The maximum Gasteiger partial charge on any atom is 0.270 e. The molecule has 0 radical (unpaired) electrons. The van der Waals surface area contributed by atoms with Gasteiger partial charge in [-0.3, -0.25) is 4.79 Å². The smallest absolute Gasteiger partial charge is 0.270 e. The summed E-state index contributed by atoms with van der Waals surface area (Å²) in [5, 5.41) is 9.79. The molecule has 0 saturated heterocycles. The Hall–Kier alpha value is -3.04. The molecule has 130 valence electrons. The van der Waals surface area contributed by atoms with Crippen molar-refractivity contribution in [1.82, 2.24) is 9.97 Å². The third-order valence-electron chi connectivity index (χ3n) is 3.89. The van der Waals surface area contributed by atoms with Gasteiger partial charge in [-0.15, -0.1) is 0 Å². The molecule has 26 heavy (non-hydrogen) atoms. The monoisotopic (exact) mass is 363 g/mol. The number of nitrogens with one attached hydrogen (secondary N) is 1. The van der Waals surface area contributed by atoms with E-state index in [1.807, 2.05) is 67.8 Å². The first-order valence-electron chi connectivity index (χ1n) is 7.98. The van der Waals surface area contributed by atoms with Crippen molar-refractivity contribution in [2.24, 2.45) is 0 Å². The zero-order valence-corrected chi connectivity index (χ0v) is 15.3. The predicted octanol–water partition coefficient (Wildman–Crippen LogP) is 3.92. The minimum Gasteiger partial charge on any atom is -0.489 e. The van der Waals surface area contributed by atoms with Crippen LogP contribution in [0.25, 0.3) is 11.3 Å². The lowest BCUT2D eigenvalue weighted by Crippen LogP contribution is -2.14. The van der Waals surface area contributed by atoms with E-state index in [9.17, 15) is 10.1 Å². The molecule has 0 spiro atoms. The maximum absolute atomic E-state index is 12.1. The minimum absolute atomic E-state index is 0.0140. The third kappa shape index (κ3) is 3.79. The molecule has 0 amide bonds. The van der Waals surface area contributed by atoms with Crippen LogP contribution < -0.4 is 10.3 Å². The second kappa shape index (κ2) is 7.89. The highest BCUT2D eigenvalue weighted by atomic mass is 32.2. The lowest BCUT2D eigenvalue weighted by Gasteiger charge is -2.11. The van der Waals surface area contributed by atoms with Gasteiger partial charge in [0.15, 0.2) is 5.16 Å². The zero-order chi connectivity index (χ0) is 18.5. The van der Waals surface area contributed by atoms with Crippen LogP contribution in [0, 0.1) is 18.3 Å². The number of rotatable bonds is 5. The van der Waals surface area contributed by atoms with E-state index in [4.69, 9.17) is 4.74 Å².